The Balaban J connectivity index is 1.45. The van der Waals surface area contributed by atoms with Crippen molar-refractivity contribution in [2.75, 3.05) is 37.7 Å². The van der Waals surface area contributed by atoms with Gasteiger partial charge < -0.3 is 14.5 Å². The lowest BCUT2D eigenvalue weighted by Crippen LogP contribution is -2.50. The summed E-state index contributed by atoms with van der Waals surface area (Å²) in [6.45, 7) is 2.10. The molecule has 1 fully saturated rings. The van der Waals surface area contributed by atoms with Gasteiger partial charge in [-0.3, -0.25) is 4.79 Å². The number of hydrogen-bond donors (Lipinski definition) is 0. The summed E-state index contributed by atoms with van der Waals surface area (Å²) in [5.74, 6) is 0.335. The summed E-state index contributed by atoms with van der Waals surface area (Å²) in [5.41, 5.74) is 0.0379. The maximum atomic E-state index is 12.6. The van der Waals surface area contributed by atoms with Crippen molar-refractivity contribution in [3.05, 3.63) is 58.7 Å². The quantitative estimate of drug-likeness (QED) is 0.751. The molecule has 3 rings (SSSR count). The minimum Gasteiger partial charge on any atom is -0.367 e. The zero-order valence-electron chi connectivity index (χ0n) is 15.0. The van der Waals surface area contributed by atoms with Gasteiger partial charge in [0.25, 0.3) is 0 Å². The van der Waals surface area contributed by atoms with Crippen molar-refractivity contribution >= 4 is 23.3 Å². The molecule has 0 radical (unpaired) electrons. The summed E-state index contributed by atoms with van der Waals surface area (Å²) >= 11 is 6.05. The number of amides is 1. The van der Waals surface area contributed by atoms with Crippen LogP contribution in [0.1, 0.15) is 11.1 Å². The van der Waals surface area contributed by atoms with Crippen LogP contribution in [0.5, 0.6) is 0 Å². The molecule has 9 heteroatoms. The molecule has 0 bridgehead atoms. The average molecular weight is 414 g/mol. The lowest BCUT2D eigenvalue weighted by molar-refractivity contribution is -0.138. The van der Waals surface area contributed by atoms with E-state index in [0.717, 1.165) is 17.8 Å². The molecule has 0 aliphatic carbocycles. The van der Waals surface area contributed by atoms with E-state index in [0.29, 0.717) is 37.0 Å². The molecule has 0 N–H and O–H groups in total. The van der Waals surface area contributed by atoms with Gasteiger partial charge in [0.05, 0.1) is 12.2 Å². The topological polar surface area (TPSA) is 45.7 Å². The van der Waals surface area contributed by atoms with E-state index in [2.05, 4.69) is 4.98 Å². The van der Waals surface area contributed by atoms with Gasteiger partial charge in [0.1, 0.15) is 12.4 Å². The molecule has 0 unspecified atom stereocenters. The van der Waals surface area contributed by atoms with Crippen LogP contribution in [0.3, 0.4) is 0 Å². The standard InChI is InChI=1S/C19H19ClF3N3O2/c20-16-4-2-1-3-14(16)12-28-13-18(27)26-9-7-25(8-10-26)17-6-5-15(11-24-17)19(21,22)23/h1-6,11H,7-10,12-13H2. The van der Waals surface area contributed by atoms with Crippen LogP contribution in [0.2, 0.25) is 5.02 Å². The predicted octanol–water partition coefficient (Wildman–Crippen LogP) is 3.62. The van der Waals surface area contributed by atoms with Gasteiger partial charge in [0.15, 0.2) is 0 Å². The Morgan fingerprint density at radius 3 is 2.43 bits per heavy atom. The third kappa shape index (κ3) is 5.14. The largest absolute Gasteiger partial charge is 0.417 e. The molecule has 1 aromatic heterocycles. The third-order valence-electron chi connectivity index (χ3n) is 4.47. The van der Waals surface area contributed by atoms with Gasteiger partial charge in [-0.1, -0.05) is 29.8 Å². The molecule has 1 aliphatic heterocycles. The highest BCUT2D eigenvalue weighted by Crippen LogP contribution is 2.29. The maximum absolute atomic E-state index is 12.6. The Morgan fingerprint density at radius 1 is 1.11 bits per heavy atom. The van der Waals surface area contributed by atoms with E-state index in [9.17, 15) is 18.0 Å². The fourth-order valence-corrected chi connectivity index (χ4v) is 3.07. The lowest BCUT2D eigenvalue weighted by Gasteiger charge is -2.35. The monoisotopic (exact) mass is 413 g/mol. The average Bonchev–Trinajstić information content (AvgIpc) is 2.69. The van der Waals surface area contributed by atoms with Crippen LogP contribution in [-0.2, 0) is 22.3 Å². The molecule has 2 aromatic rings. The van der Waals surface area contributed by atoms with Gasteiger partial charge in [0, 0.05) is 37.4 Å². The second-order valence-electron chi connectivity index (χ2n) is 6.35. The SMILES string of the molecule is O=C(COCc1ccccc1Cl)N1CCN(c2ccc(C(F)(F)F)cn2)CC1. The van der Waals surface area contributed by atoms with Crippen molar-refractivity contribution in [1.29, 1.82) is 0 Å². The molecule has 0 spiro atoms. The number of ether oxygens (including phenoxy) is 1. The first-order chi connectivity index (χ1) is 13.3. The van der Waals surface area contributed by atoms with Gasteiger partial charge in [0.2, 0.25) is 5.91 Å². The molecule has 1 saturated heterocycles. The summed E-state index contributed by atoms with van der Waals surface area (Å²) < 4.78 is 43.3. The summed E-state index contributed by atoms with van der Waals surface area (Å²) in [6, 6.07) is 9.64. The Hall–Kier alpha value is -2.32. The van der Waals surface area contributed by atoms with Crippen LogP contribution in [0.15, 0.2) is 42.6 Å². The fourth-order valence-electron chi connectivity index (χ4n) is 2.88. The molecule has 28 heavy (non-hydrogen) atoms. The first-order valence-corrected chi connectivity index (χ1v) is 9.09. The summed E-state index contributed by atoms with van der Waals surface area (Å²) in [4.78, 5) is 19.7. The van der Waals surface area contributed by atoms with Crippen LogP contribution in [0.25, 0.3) is 0 Å². The Labute approximate surface area is 165 Å². The zero-order valence-corrected chi connectivity index (χ0v) is 15.7. The summed E-state index contributed by atoms with van der Waals surface area (Å²) in [7, 11) is 0. The van der Waals surface area contributed by atoms with Crippen molar-refractivity contribution in [3.8, 4) is 0 Å². The first kappa shape index (κ1) is 20.4. The molecule has 2 heterocycles. The van der Waals surface area contributed by atoms with Crippen LogP contribution in [-0.4, -0.2) is 48.6 Å². The number of halogens is 4. The van der Waals surface area contributed by atoms with Gasteiger partial charge >= 0.3 is 6.18 Å². The third-order valence-corrected chi connectivity index (χ3v) is 4.84. The fraction of sp³-hybridized carbons (Fsp3) is 0.368. The number of aromatic nitrogens is 1. The number of rotatable bonds is 5. The number of anilines is 1. The predicted molar refractivity (Wildman–Crippen MR) is 99.1 cm³/mol. The maximum Gasteiger partial charge on any atom is 0.417 e. The molecule has 1 aliphatic rings. The van der Waals surface area contributed by atoms with E-state index < -0.39 is 11.7 Å². The lowest BCUT2D eigenvalue weighted by atomic mass is 10.2. The second kappa shape index (κ2) is 8.79. The highest BCUT2D eigenvalue weighted by Gasteiger charge is 2.31. The summed E-state index contributed by atoms with van der Waals surface area (Å²) in [5, 5.41) is 0.590. The Bertz CT molecular complexity index is 807. The highest BCUT2D eigenvalue weighted by molar-refractivity contribution is 6.31. The molecule has 1 aromatic carbocycles. The number of carbonyl (C=O) groups is 1. The molecule has 5 nitrogen and oxygen atoms in total. The van der Waals surface area contributed by atoms with E-state index in [4.69, 9.17) is 16.3 Å². The van der Waals surface area contributed by atoms with Crippen molar-refractivity contribution in [2.45, 2.75) is 12.8 Å². The van der Waals surface area contributed by atoms with Gasteiger partial charge in [-0.05, 0) is 23.8 Å². The molecule has 0 atom stereocenters. The van der Waals surface area contributed by atoms with Crippen molar-refractivity contribution in [2.24, 2.45) is 0 Å². The molecule has 150 valence electrons. The Morgan fingerprint density at radius 2 is 1.82 bits per heavy atom. The van der Waals surface area contributed by atoms with Gasteiger partial charge in [-0.25, -0.2) is 4.98 Å². The molecular formula is C19H19ClF3N3O2. The van der Waals surface area contributed by atoms with Crippen molar-refractivity contribution < 1.29 is 22.7 Å². The zero-order chi connectivity index (χ0) is 20.1. The number of hydrogen-bond acceptors (Lipinski definition) is 4. The highest BCUT2D eigenvalue weighted by atomic mass is 35.5. The van der Waals surface area contributed by atoms with Crippen LogP contribution < -0.4 is 4.90 Å². The minimum absolute atomic E-state index is 0.0518. The van der Waals surface area contributed by atoms with E-state index in [-0.39, 0.29) is 19.1 Å². The first-order valence-electron chi connectivity index (χ1n) is 8.72. The Kier molecular flexibility index (Phi) is 6.41. The number of pyridine rings is 1. The number of carbonyl (C=O) groups excluding carboxylic acids is 1. The van der Waals surface area contributed by atoms with Crippen LogP contribution >= 0.6 is 11.6 Å². The van der Waals surface area contributed by atoms with E-state index in [1.807, 2.05) is 23.1 Å². The molecule has 1 amide bonds. The smallest absolute Gasteiger partial charge is 0.367 e. The van der Waals surface area contributed by atoms with Crippen LogP contribution in [0.4, 0.5) is 19.0 Å². The molecular weight excluding hydrogens is 395 g/mol. The van der Waals surface area contributed by atoms with Crippen molar-refractivity contribution in [1.82, 2.24) is 9.88 Å². The number of nitrogens with zero attached hydrogens (tertiary/aromatic N) is 3. The second-order valence-corrected chi connectivity index (χ2v) is 6.76. The van der Waals surface area contributed by atoms with E-state index >= 15 is 0 Å². The number of piperazine rings is 1. The van der Waals surface area contributed by atoms with Gasteiger partial charge in [-0.2, -0.15) is 13.2 Å². The minimum atomic E-state index is -4.40. The van der Waals surface area contributed by atoms with Gasteiger partial charge in [-0.15, -0.1) is 0 Å². The number of benzene rings is 1. The number of alkyl halides is 3. The van der Waals surface area contributed by atoms with Crippen LogP contribution in [0, 0.1) is 0 Å². The normalized spacial score (nSPS) is 15.0. The van der Waals surface area contributed by atoms with Crippen molar-refractivity contribution in [3.63, 3.8) is 0 Å². The summed E-state index contributed by atoms with van der Waals surface area (Å²) in [6.07, 6.45) is -3.57. The molecule has 0 saturated carbocycles. The van der Waals surface area contributed by atoms with E-state index in [1.165, 1.54) is 6.07 Å². The van der Waals surface area contributed by atoms with E-state index in [1.54, 1.807) is 11.0 Å².